The van der Waals surface area contributed by atoms with Crippen LogP contribution in [-0.2, 0) is 0 Å². The van der Waals surface area contributed by atoms with E-state index in [1.54, 1.807) is 0 Å². The Kier molecular flexibility index (Phi) is 10.8. The van der Waals surface area contributed by atoms with Crippen LogP contribution in [0.5, 0.6) is 0 Å². The minimum atomic E-state index is 0. The fraction of sp³-hybridized carbons (Fsp3) is 1.00. The standard InChI is InChI=1S/C7H17N2.Na/c1-7(2)9(4)6-5-8-3;/h7H,5-6H2,1-4H3;/q-1;+1. The third-order valence-corrected chi connectivity index (χ3v) is 1.56. The maximum Gasteiger partial charge on any atom is 1.00 e. The van der Waals surface area contributed by atoms with Gasteiger partial charge in [-0.2, -0.15) is 7.05 Å². The molecule has 0 heterocycles. The summed E-state index contributed by atoms with van der Waals surface area (Å²) in [4.78, 5) is 2.28. The Morgan fingerprint density at radius 1 is 1.40 bits per heavy atom. The van der Waals surface area contributed by atoms with Crippen LogP contribution < -0.4 is 29.6 Å². The number of hydrogen-bond donors (Lipinski definition) is 0. The normalized spacial score (nSPS) is 10.2. The Balaban J connectivity index is 0. The van der Waals surface area contributed by atoms with Gasteiger partial charge >= 0.3 is 29.6 Å². The van der Waals surface area contributed by atoms with Crippen molar-refractivity contribution in [2.75, 3.05) is 27.2 Å². The van der Waals surface area contributed by atoms with E-state index in [9.17, 15) is 0 Å². The quantitative estimate of drug-likeness (QED) is 0.440. The molecule has 0 rings (SSSR count). The molecule has 0 aromatic rings. The molecule has 0 bridgehead atoms. The smallest absolute Gasteiger partial charge is 0.664 e. The molecule has 0 saturated carbocycles. The summed E-state index contributed by atoms with van der Waals surface area (Å²) in [6.45, 7) is 6.41. The average molecular weight is 152 g/mol. The van der Waals surface area contributed by atoms with Crippen molar-refractivity contribution >= 4 is 0 Å². The average Bonchev–Trinajstić information content (AvgIpc) is 1.82. The second-order valence-corrected chi connectivity index (χ2v) is 2.61. The van der Waals surface area contributed by atoms with E-state index in [2.05, 4.69) is 31.1 Å². The van der Waals surface area contributed by atoms with Crippen molar-refractivity contribution in [3.8, 4) is 0 Å². The van der Waals surface area contributed by atoms with Gasteiger partial charge in [0.2, 0.25) is 0 Å². The van der Waals surface area contributed by atoms with Crippen molar-refractivity contribution in [1.82, 2.24) is 4.90 Å². The minimum absolute atomic E-state index is 0. The summed E-state index contributed by atoms with van der Waals surface area (Å²) in [6, 6.07) is 0.645. The summed E-state index contributed by atoms with van der Waals surface area (Å²) >= 11 is 0. The fourth-order valence-electron chi connectivity index (χ4n) is 0.516. The molecule has 0 spiro atoms. The number of likely N-dealkylation sites (N-methyl/N-ethyl adjacent to an activating group) is 2. The van der Waals surface area contributed by atoms with Crippen molar-refractivity contribution in [3.63, 3.8) is 0 Å². The van der Waals surface area contributed by atoms with Gasteiger partial charge in [-0.1, -0.05) is 0 Å². The Labute approximate surface area is 86.7 Å². The molecule has 0 amide bonds. The SMILES string of the molecule is C[N-]CCN(C)C(C)C.[Na+]. The predicted molar refractivity (Wildman–Crippen MR) is 41.9 cm³/mol. The van der Waals surface area contributed by atoms with E-state index in [1.165, 1.54) is 0 Å². The largest absolute Gasteiger partial charge is 1.00 e. The van der Waals surface area contributed by atoms with E-state index < -0.39 is 0 Å². The van der Waals surface area contributed by atoms with Crippen LogP contribution in [0.25, 0.3) is 5.32 Å². The van der Waals surface area contributed by atoms with Crippen LogP contribution in [0.4, 0.5) is 0 Å². The summed E-state index contributed by atoms with van der Waals surface area (Å²) in [6.07, 6.45) is 0. The van der Waals surface area contributed by atoms with Gasteiger partial charge in [-0.3, -0.25) is 0 Å². The number of rotatable bonds is 4. The Morgan fingerprint density at radius 2 is 1.90 bits per heavy atom. The van der Waals surface area contributed by atoms with E-state index in [-0.39, 0.29) is 29.6 Å². The predicted octanol–water partition coefficient (Wildman–Crippen LogP) is -1.67. The maximum absolute atomic E-state index is 4.02. The molecular weight excluding hydrogens is 135 g/mol. The van der Waals surface area contributed by atoms with E-state index >= 15 is 0 Å². The van der Waals surface area contributed by atoms with E-state index in [0.29, 0.717) is 6.04 Å². The monoisotopic (exact) mass is 152 g/mol. The van der Waals surface area contributed by atoms with Crippen molar-refractivity contribution in [1.29, 1.82) is 0 Å². The summed E-state index contributed by atoms with van der Waals surface area (Å²) in [5.74, 6) is 0. The second kappa shape index (κ2) is 8.02. The Morgan fingerprint density at radius 3 is 2.20 bits per heavy atom. The molecule has 0 atom stereocenters. The summed E-state index contributed by atoms with van der Waals surface area (Å²) in [5.41, 5.74) is 0. The van der Waals surface area contributed by atoms with Crippen LogP contribution >= 0.6 is 0 Å². The van der Waals surface area contributed by atoms with Crippen molar-refractivity contribution in [2.24, 2.45) is 0 Å². The van der Waals surface area contributed by atoms with Crippen LogP contribution in [0.1, 0.15) is 13.8 Å². The van der Waals surface area contributed by atoms with Crippen LogP contribution in [0.2, 0.25) is 0 Å². The topological polar surface area (TPSA) is 17.3 Å². The number of hydrogen-bond acceptors (Lipinski definition) is 1. The zero-order valence-corrected chi connectivity index (χ0v) is 9.89. The molecule has 0 saturated heterocycles. The summed E-state index contributed by atoms with van der Waals surface area (Å²) in [5, 5.41) is 4.02. The molecule has 0 N–H and O–H groups in total. The first-order valence-corrected chi connectivity index (χ1v) is 3.44. The molecule has 0 unspecified atom stereocenters. The fourth-order valence-corrected chi connectivity index (χ4v) is 0.516. The molecular formula is C7H17N2Na. The van der Waals surface area contributed by atoms with Gasteiger partial charge in [-0.05, 0) is 27.4 Å². The molecule has 0 aliphatic carbocycles. The first-order valence-electron chi connectivity index (χ1n) is 3.44. The zero-order chi connectivity index (χ0) is 7.28. The molecule has 3 heteroatoms. The van der Waals surface area contributed by atoms with Crippen molar-refractivity contribution in [2.45, 2.75) is 19.9 Å². The molecule has 56 valence electrons. The Bertz CT molecular complexity index is 66.6. The summed E-state index contributed by atoms with van der Waals surface area (Å²) < 4.78 is 0. The van der Waals surface area contributed by atoms with Crippen LogP contribution in [-0.4, -0.2) is 38.1 Å². The van der Waals surface area contributed by atoms with Crippen molar-refractivity contribution in [3.05, 3.63) is 5.32 Å². The van der Waals surface area contributed by atoms with Gasteiger partial charge in [0.15, 0.2) is 0 Å². The Hall–Kier alpha value is 0.920. The van der Waals surface area contributed by atoms with Gasteiger partial charge in [0.25, 0.3) is 0 Å². The molecule has 2 nitrogen and oxygen atoms in total. The summed E-state index contributed by atoms with van der Waals surface area (Å²) in [7, 11) is 3.98. The molecule has 0 aromatic heterocycles. The van der Waals surface area contributed by atoms with Crippen molar-refractivity contribution < 1.29 is 29.6 Å². The van der Waals surface area contributed by atoms with E-state index in [0.717, 1.165) is 13.1 Å². The molecule has 0 fully saturated rings. The molecule has 0 aromatic carbocycles. The third kappa shape index (κ3) is 7.03. The van der Waals surface area contributed by atoms with Gasteiger partial charge in [-0.25, -0.2) is 0 Å². The van der Waals surface area contributed by atoms with E-state index in [1.807, 2.05) is 7.05 Å². The van der Waals surface area contributed by atoms with Gasteiger partial charge < -0.3 is 10.2 Å². The maximum atomic E-state index is 4.02. The molecule has 0 aliphatic rings. The molecule has 0 radical (unpaired) electrons. The van der Waals surface area contributed by atoms with Crippen LogP contribution in [0, 0.1) is 0 Å². The van der Waals surface area contributed by atoms with Gasteiger partial charge in [0.1, 0.15) is 0 Å². The van der Waals surface area contributed by atoms with Gasteiger partial charge in [-0.15, -0.1) is 6.54 Å². The minimum Gasteiger partial charge on any atom is -0.664 e. The van der Waals surface area contributed by atoms with Gasteiger partial charge in [0.05, 0.1) is 0 Å². The van der Waals surface area contributed by atoms with Crippen LogP contribution in [0.3, 0.4) is 0 Å². The first kappa shape index (κ1) is 13.5. The van der Waals surface area contributed by atoms with Crippen LogP contribution in [0.15, 0.2) is 0 Å². The third-order valence-electron chi connectivity index (χ3n) is 1.56. The number of nitrogens with zero attached hydrogens (tertiary/aromatic N) is 2. The first-order chi connectivity index (χ1) is 4.18. The molecule has 10 heavy (non-hydrogen) atoms. The second-order valence-electron chi connectivity index (χ2n) is 2.61. The van der Waals surface area contributed by atoms with E-state index in [4.69, 9.17) is 0 Å². The zero-order valence-electron chi connectivity index (χ0n) is 7.89. The van der Waals surface area contributed by atoms with Gasteiger partial charge in [0, 0.05) is 6.04 Å². The molecule has 0 aliphatic heterocycles.